The highest BCUT2D eigenvalue weighted by Crippen LogP contribution is 2.21. The Labute approximate surface area is 107 Å². The van der Waals surface area contributed by atoms with Gasteiger partial charge in [-0.3, -0.25) is 4.68 Å². The van der Waals surface area contributed by atoms with E-state index in [1.54, 1.807) is 13.3 Å². The molecule has 0 aliphatic carbocycles. The van der Waals surface area contributed by atoms with Gasteiger partial charge in [0.05, 0.1) is 13.2 Å². The summed E-state index contributed by atoms with van der Waals surface area (Å²) in [4.78, 5) is 0. The molecule has 1 aromatic heterocycles. The van der Waals surface area contributed by atoms with Crippen molar-refractivity contribution in [3.8, 4) is 5.75 Å². The Balaban J connectivity index is 1.94. The first-order chi connectivity index (χ1) is 8.70. The van der Waals surface area contributed by atoms with Crippen molar-refractivity contribution in [3.63, 3.8) is 0 Å². The summed E-state index contributed by atoms with van der Waals surface area (Å²) in [6, 6.07) is 9.49. The molecule has 1 N–H and O–H groups in total. The molecule has 2 rings (SSSR count). The predicted octanol–water partition coefficient (Wildman–Crippen LogP) is 2.09. The van der Waals surface area contributed by atoms with E-state index in [9.17, 15) is 5.11 Å². The second-order valence-corrected chi connectivity index (χ2v) is 4.27. The number of aliphatic hydroxyl groups excluding tert-OH is 1. The smallest absolute Gasteiger partial charge is 0.118 e. The minimum atomic E-state index is -0.453. The first kappa shape index (κ1) is 12.6. The number of hydrogen-bond acceptors (Lipinski definition) is 3. The minimum absolute atomic E-state index is 0.453. The van der Waals surface area contributed by atoms with Crippen molar-refractivity contribution in [1.82, 2.24) is 9.78 Å². The molecule has 4 nitrogen and oxygen atoms in total. The van der Waals surface area contributed by atoms with Crippen LogP contribution in [0.25, 0.3) is 0 Å². The van der Waals surface area contributed by atoms with Crippen molar-refractivity contribution in [3.05, 3.63) is 47.8 Å². The van der Waals surface area contributed by atoms with Crippen LogP contribution in [0.3, 0.4) is 0 Å². The Hall–Kier alpha value is -1.81. The molecule has 0 spiro atoms. The molecule has 0 saturated heterocycles. The number of rotatable bonds is 5. The van der Waals surface area contributed by atoms with E-state index in [2.05, 4.69) is 5.10 Å². The van der Waals surface area contributed by atoms with E-state index >= 15 is 0 Å². The molecule has 0 saturated carbocycles. The fourth-order valence-corrected chi connectivity index (χ4v) is 1.92. The monoisotopic (exact) mass is 246 g/mol. The molecule has 0 aliphatic rings. The lowest BCUT2D eigenvalue weighted by atomic mass is 10.0. The van der Waals surface area contributed by atoms with Crippen LogP contribution < -0.4 is 4.74 Å². The first-order valence-corrected chi connectivity index (χ1v) is 5.99. The van der Waals surface area contributed by atoms with Crippen LogP contribution in [-0.4, -0.2) is 22.0 Å². The number of aromatic nitrogens is 2. The largest absolute Gasteiger partial charge is 0.497 e. The second kappa shape index (κ2) is 5.69. The summed E-state index contributed by atoms with van der Waals surface area (Å²) in [5.74, 6) is 0.803. The molecule has 0 radical (unpaired) electrons. The Bertz CT molecular complexity index is 491. The lowest BCUT2D eigenvalue weighted by Crippen LogP contribution is -2.03. The summed E-state index contributed by atoms with van der Waals surface area (Å²) in [5.41, 5.74) is 2.04. The number of aliphatic hydroxyl groups is 1. The topological polar surface area (TPSA) is 47.3 Å². The maximum atomic E-state index is 10.1. The van der Waals surface area contributed by atoms with Gasteiger partial charge in [-0.1, -0.05) is 12.1 Å². The van der Waals surface area contributed by atoms with Gasteiger partial charge in [-0.15, -0.1) is 0 Å². The zero-order chi connectivity index (χ0) is 13.0. The highest BCUT2D eigenvalue weighted by molar-refractivity contribution is 5.28. The standard InChI is InChI=1S/C14H18N2O2/c1-16-12(9-10-15-16)5-8-14(17)11-3-6-13(18-2)7-4-11/h3-4,6-7,9-10,14,17H,5,8H2,1-2H3. The van der Waals surface area contributed by atoms with Crippen LogP contribution in [0.2, 0.25) is 0 Å². The average Bonchev–Trinajstić information content (AvgIpc) is 2.81. The van der Waals surface area contributed by atoms with Gasteiger partial charge < -0.3 is 9.84 Å². The molecular weight excluding hydrogens is 228 g/mol. The van der Waals surface area contributed by atoms with Crippen LogP contribution in [0, 0.1) is 0 Å². The van der Waals surface area contributed by atoms with Crippen LogP contribution in [0.1, 0.15) is 23.8 Å². The third-order valence-corrected chi connectivity index (χ3v) is 3.10. The Morgan fingerprint density at radius 1 is 1.28 bits per heavy atom. The summed E-state index contributed by atoms with van der Waals surface area (Å²) in [6.07, 6.45) is 2.82. The van der Waals surface area contributed by atoms with Crippen LogP contribution in [0.15, 0.2) is 36.5 Å². The van der Waals surface area contributed by atoms with Crippen molar-refractivity contribution in [1.29, 1.82) is 0 Å². The summed E-state index contributed by atoms with van der Waals surface area (Å²) < 4.78 is 6.92. The molecule has 0 fully saturated rings. The minimum Gasteiger partial charge on any atom is -0.497 e. The molecule has 0 bridgehead atoms. The summed E-state index contributed by atoms with van der Waals surface area (Å²) in [5, 5.41) is 14.2. The predicted molar refractivity (Wildman–Crippen MR) is 69.5 cm³/mol. The van der Waals surface area contributed by atoms with E-state index in [0.29, 0.717) is 6.42 Å². The van der Waals surface area contributed by atoms with E-state index in [-0.39, 0.29) is 0 Å². The third kappa shape index (κ3) is 2.90. The zero-order valence-corrected chi connectivity index (χ0v) is 10.7. The lowest BCUT2D eigenvalue weighted by Gasteiger charge is -2.11. The van der Waals surface area contributed by atoms with Gasteiger partial charge in [0.25, 0.3) is 0 Å². The third-order valence-electron chi connectivity index (χ3n) is 3.10. The van der Waals surface area contributed by atoms with Crippen molar-refractivity contribution in [2.24, 2.45) is 7.05 Å². The van der Waals surface area contributed by atoms with E-state index in [1.807, 2.05) is 42.1 Å². The van der Waals surface area contributed by atoms with Crippen LogP contribution in [0.4, 0.5) is 0 Å². The van der Waals surface area contributed by atoms with Crippen molar-refractivity contribution in [2.75, 3.05) is 7.11 Å². The summed E-state index contributed by atoms with van der Waals surface area (Å²) >= 11 is 0. The van der Waals surface area contributed by atoms with Crippen LogP contribution in [-0.2, 0) is 13.5 Å². The number of ether oxygens (including phenoxy) is 1. The molecule has 18 heavy (non-hydrogen) atoms. The average molecular weight is 246 g/mol. The molecule has 1 aromatic carbocycles. The van der Waals surface area contributed by atoms with Crippen LogP contribution in [0.5, 0.6) is 5.75 Å². The Morgan fingerprint density at radius 2 is 2.00 bits per heavy atom. The van der Waals surface area contributed by atoms with Gasteiger partial charge in [-0.25, -0.2) is 0 Å². The normalized spacial score (nSPS) is 12.4. The van der Waals surface area contributed by atoms with Gasteiger partial charge in [0.2, 0.25) is 0 Å². The van der Waals surface area contributed by atoms with E-state index in [0.717, 1.165) is 23.4 Å². The van der Waals surface area contributed by atoms with Gasteiger partial charge in [0.1, 0.15) is 5.75 Å². The molecule has 0 amide bonds. The van der Waals surface area contributed by atoms with E-state index in [1.165, 1.54) is 0 Å². The zero-order valence-electron chi connectivity index (χ0n) is 10.7. The molecule has 96 valence electrons. The number of nitrogens with zero attached hydrogens (tertiary/aromatic N) is 2. The van der Waals surface area contributed by atoms with Crippen molar-refractivity contribution < 1.29 is 9.84 Å². The van der Waals surface area contributed by atoms with E-state index in [4.69, 9.17) is 4.74 Å². The number of hydrogen-bond donors (Lipinski definition) is 1. The van der Waals surface area contributed by atoms with Gasteiger partial charge in [0.15, 0.2) is 0 Å². The fraction of sp³-hybridized carbons (Fsp3) is 0.357. The fourth-order valence-electron chi connectivity index (χ4n) is 1.92. The van der Waals surface area contributed by atoms with E-state index < -0.39 is 6.10 Å². The van der Waals surface area contributed by atoms with Gasteiger partial charge in [0, 0.05) is 18.9 Å². The maximum absolute atomic E-state index is 10.1. The molecule has 1 atom stereocenters. The lowest BCUT2D eigenvalue weighted by molar-refractivity contribution is 0.167. The second-order valence-electron chi connectivity index (χ2n) is 4.27. The molecule has 1 heterocycles. The quantitative estimate of drug-likeness (QED) is 0.878. The number of aryl methyl sites for hydroxylation is 2. The number of benzene rings is 1. The van der Waals surface area contributed by atoms with Crippen LogP contribution >= 0.6 is 0 Å². The molecule has 0 aliphatic heterocycles. The molecular formula is C14H18N2O2. The Kier molecular flexibility index (Phi) is 3.99. The highest BCUT2D eigenvalue weighted by atomic mass is 16.5. The highest BCUT2D eigenvalue weighted by Gasteiger charge is 2.09. The van der Waals surface area contributed by atoms with Gasteiger partial charge >= 0.3 is 0 Å². The van der Waals surface area contributed by atoms with Gasteiger partial charge in [-0.2, -0.15) is 5.10 Å². The molecule has 4 heteroatoms. The van der Waals surface area contributed by atoms with Crippen molar-refractivity contribution in [2.45, 2.75) is 18.9 Å². The van der Waals surface area contributed by atoms with Crippen molar-refractivity contribution >= 4 is 0 Å². The number of methoxy groups -OCH3 is 1. The molecule has 1 unspecified atom stereocenters. The Morgan fingerprint density at radius 3 is 2.56 bits per heavy atom. The summed E-state index contributed by atoms with van der Waals surface area (Å²) in [7, 11) is 3.54. The van der Waals surface area contributed by atoms with Gasteiger partial charge in [-0.05, 0) is 36.6 Å². The molecule has 2 aromatic rings. The maximum Gasteiger partial charge on any atom is 0.118 e. The first-order valence-electron chi connectivity index (χ1n) is 5.99. The SMILES string of the molecule is COc1ccc(C(O)CCc2ccnn2C)cc1. The summed E-state index contributed by atoms with van der Waals surface area (Å²) in [6.45, 7) is 0.